The lowest BCUT2D eigenvalue weighted by Gasteiger charge is -2.16. The molecule has 0 saturated heterocycles. The Bertz CT molecular complexity index is 3210. The minimum absolute atomic E-state index is 0.0214. The molecule has 0 radical (unpaired) electrons. The summed E-state index contributed by atoms with van der Waals surface area (Å²) in [6.07, 6.45) is 0. The molecule has 2 heterocycles. The molecule has 6 aromatic rings. The van der Waals surface area contributed by atoms with Gasteiger partial charge in [0.2, 0.25) is 23.7 Å². The van der Waals surface area contributed by atoms with Crippen LogP contribution in [0.25, 0.3) is 44.3 Å². The van der Waals surface area contributed by atoms with E-state index in [1.54, 1.807) is 48.3 Å². The van der Waals surface area contributed by atoms with Gasteiger partial charge >= 0.3 is 12.1 Å². The molecule has 4 aromatic carbocycles. The van der Waals surface area contributed by atoms with E-state index in [-0.39, 0.29) is 100 Å². The molecule has 0 fully saturated rings. The summed E-state index contributed by atoms with van der Waals surface area (Å²) in [6, 6.07) is 24.7. The Kier molecular flexibility index (Phi) is 38.7. The molecule has 0 spiro atoms. The van der Waals surface area contributed by atoms with Crippen molar-refractivity contribution in [2.24, 2.45) is 11.5 Å². The smallest absolute Gasteiger partial charge is 0.314 e. The van der Waals surface area contributed by atoms with Crippen LogP contribution in [0.15, 0.2) is 84.9 Å². The minimum atomic E-state index is -0.344. The maximum Gasteiger partial charge on any atom is 0.314 e. The number of likely N-dealkylation sites (N-methyl/N-ethyl adjacent to an activating group) is 1. The van der Waals surface area contributed by atoms with Gasteiger partial charge in [-0.1, -0.05) is 23.2 Å². The first-order valence-electron chi connectivity index (χ1n) is 32.3. The van der Waals surface area contributed by atoms with Gasteiger partial charge in [0.25, 0.3) is 0 Å². The molecular weight excluding hydrogens is 1350 g/mol. The summed E-state index contributed by atoms with van der Waals surface area (Å²) in [6.45, 7) is 9.26. The number of benzene rings is 4. The van der Waals surface area contributed by atoms with Gasteiger partial charge in [-0.25, -0.2) is 29.5 Å². The van der Waals surface area contributed by atoms with Crippen molar-refractivity contribution in [3.05, 3.63) is 95.0 Å². The number of carbonyl (C=O) groups excluding carboxylic acids is 4. The summed E-state index contributed by atoms with van der Waals surface area (Å²) in [5.41, 5.74) is 15.2. The normalized spacial score (nSPS) is 11.2. The maximum absolute atomic E-state index is 12.3. The summed E-state index contributed by atoms with van der Waals surface area (Å²) in [5.74, 6) is 0.672. The van der Waals surface area contributed by atoms with Crippen molar-refractivity contribution in [1.82, 2.24) is 56.7 Å². The highest BCUT2D eigenvalue weighted by atomic mass is 35.5. The largest absolute Gasteiger partial charge is 0.491 e. The van der Waals surface area contributed by atoms with Crippen LogP contribution in [0.3, 0.4) is 0 Å². The molecule has 6 amide bonds. The number of nitrogens with zero attached hydrogens (tertiary/aromatic N) is 5. The van der Waals surface area contributed by atoms with Crippen molar-refractivity contribution in [2.45, 2.75) is 0 Å². The third-order valence-electron chi connectivity index (χ3n) is 13.4. The molecule has 0 aliphatic heterocycles. The van der Waals surface area contributed by atoms with E-state index in [0.717, 1.165) is 21.9 Å². The lowest BCUT2D eigenvalue weighted by atomic mass is 10.1. The van der Waals surface area contributed by atoms with Crippen LogP contribution in [0, 0.1) is 10.8 Å². The number of aromatic nitrogens is 4. The first kappa shape index (κ1) is 80.3. The topological polar surface area (TPSA) is 430 Å². The van der Waals surface area contributed by atoms with E-state index in [2.05, 4.69) is 62.5 Å². The van der Waals surface area contributed by atoms with Gasteiger partial charge in [0, 0.05) is 71.2 Å². The number of hydrogen-bond donors (Lipinski definition) is 12. The average Bonchev–Trinajstić information content (AvgIpc) is 0.795. The highest BCUT2D eigenvalue weighted by molar-refractivity contribution is 6.32. The fourth-order valence-electron chi connectivity index (χ4n) is 8.83. The zero-order valence-corrected chi connectivity index (χ0v) is 57.5. The summed E-state index contributed by atoms with van der Waals surface area (Å²) in [7, 11) is 1.66. The number of fused-ring (bicyclic) bond motifs is 2. The van der Waals surface area contributed by atoms with Crippen LogP contribution in [0.5, 0.6) is 11.5 Å². The van der Waals surface area contributed by atoms with Gasteiger partial charge in [-0.3, -0.25) is 35.9 Å². The van der Waals surface area contributed by atoms with Crippen molar-refractivity contribution in [3.8, 4) is 34.0 Å². The Morgan fingerprint density at radius 1 is 0.390 bits per heavy atom. The molecule has 0 saturated carbocycles. The molecule has 0 bridgehead atoms. The summed E-state index contributed by atoms with van der Waals surface area (Å²) in [4.78, 5) is 68.3. The zero-order valence-electron chi connectivity index (χ0n) is 56.0. The molecule has 35 heteroatoms. The predicted molar refractivity (Wildman–Crippen MR) is 377 cm³/mol. The zero-order chi connectivity index (χ0) is 71.2. The molecule has 2 aromatic heterocycles. The fraction of sp³-hybridized carbons (Fsp3) is 0.477. The van der Waals surface area contributed by atoms with Crippen LogP contribution in [0.2, 0.25) is 10.0 Å². The van der Waals surface area contributed by atoms with E-state index >= 15 is 0 Å². The molecular formula is C65H91Cl2N17O16. The second-order valence-corrected chi connectivity index (χ2v) is 22.2. The van der Waals surface area contributed by atoms with Gasteiger partial charge in [0.1, 0.15) is 24.7 Å². The van der Waals surface area contributed by atoms with Gasteiger partial charge in [0.15, 0.2) is 11.9 Å². The molecule has 14 N–H and O–H groups in total. The molecule has 33 nitrogen and oxygen atoms in total. The Balaban J connectivity index is 0.608. The van der Waals surface area contributed by atoms with Crippen molar-refractivity contribution < 1.29 is 76.0 Å². The number of anilines is 2. The van der Waals surface area contributed by atoms with E-state index in [9.17, 15) is 19.2 Å². The van der Waals surface area contributed by atoms with E-state index in [0.29, 0.717) is 189 Å². The van der Waals surface area contributed by atoms with Gasteiger partial charge < -0.3 is 100 Å². The number of rotatable bonds is 52. The van der Waals surface area contributed by atoms with E-state index in [1.807, 2.05) is 48.5 Å². The van der Waals surface area contributed by atoms with E-state index in [1.165, 1.54) is 0 Å². The fourth-order valence-corrected chi connectivity index (χ4v) is 9.18. The predicted octanol–water partition coefficient (Wildman–Crippen LogP) is 3.21. The van der Waals surface area contributed by atoms with Gasteiger partial charge in [-0.2, -0.15) is 0 Å². The first-order chi connectivity index (χ1) is 48.7. The van der Waals surface area contributed by atoms with Gasteiger partial charge in [0.05, 0.1) is 168 Å². The Morgan fingerprint density at radius 2 is 0.670 bits per heavy atom. The van der Waals surface area contributed by atoms with E-state index < -0.39 is 0 Å². The SMILES string of the molecule is CN(CC(=O)NCCOCCOCCNC(=O)NCCOCCOCCOCCOc1ccc(-c2nc(NC(=N)N)nc3ccc(Cl)cc23)cc1)CC(=O)NCCOCCOCCNC(=O)NCCOCCOCCOCCOc1ccc(-c2nc(NC(=N)N)nc3ccc(Cl)cc23)cc1. The molecule has 0 aliphatic carbocycles. The molecule has 6 rings (SSSR count). The van der Waals surface area contributed by atoms with Crippen molar-refractivity contribution in [2.75, 3.05) is 215 Å². The molecule has 0 unspecified atom stereocenters. The Hall–Kier alpha value is -8.68. The molecule has 0 atom stereocenters. The number of hydrogen-bond acceptors (Lipinski definition) is 23. The summed E-state index contributed by atoms with van der Waals surface area (Å²) < 4.78 is 66.9. The van der Waals surface area contributed by atoms with Crippen LogP contribution < -0.4 is 63.5 Å². The highest BCUT2D eigenvalue weighted by Gasteiger charge is 2.16. The maximum atomic E-state index is 12.3. The summed E-state index contributed by atoms with van der Waals surface area (Å²) in [5, 5.41) is 39.3. The molecule has 546 valence electrons. The van der Waals surface area contributed by atoms with Crippen molar-refractivity contribution >= 4 is 92.7 Å². The number of urea groups is 2. The lowest BCUT2D eigenvalue weighted by Crippen LogP contribution is -2.42. The minimum Gasteiger partial charge on any atom is -0.491 e. The summed E-state index contributed by atoms with van der Waals surface area (Å²) >= 11 is 12.5. The number of halogens is 2. The van der Waals surface area contributed by atoms with Crippen LogP contribution in [-0.4, -0.2) is 265 Å². The second kappa shape index (κ2) is 48.2. The third kappa shape index (κ3) is 33.9. The van der Waals surface area contributed by atoms with Crippen molar-refractivity contribution in [1.29, 1.82) is 10.8 Å². The standard InChI is InChI=1S/C65H91Cl2N17O16/c1-84(44-56(85)72-14-20-89-26-28-91-22-16-74-64(87)76-18-24-93-30-32-95-34-36-97-38-40-99-50-8-2-46(3-9-50)58-52-42-48(66)6-12-54(52)78-62(80-58)82-60(68)69)45-57(86)73-15-21-90-27-29-92-23-17-75-65(88)77-19-25-94-31-33-96-35-37-98-39-41-100-51-10-4-47(5-11-51)59-53-43-49(67)7-13-55(53)79-63(81-59)83-61(70)71/h2-13,42-43H,14-41,44-45H2,1H3,(H,72,85)(H,73,86)(H2,74,76,87)(H2,75,77,88)(H4,68,69,78,80,82)(H4,70,71,79,81,83). The Labute approximate surface area is 589 Å². The first-order valence-corrected chi connectivity index (χ1v) is 33.1. The quantitative estimate of drug-likeness (QED) is 0.0148. The van der Waals surface area contributed by atoms with Gasteiger partial charge in [-0.05, 0) is 92.0 Å². The van der Waals surface area contributed by atoms with Gasteiger partial charge in [-0.15, -0.1) is 0 Å². The number of amides is 6. The highest BCUT2D eigenvalue weighted by Crippen LogP contribution is 2.32. The number of carbonyl (C=O) groups is 4. The lowest BCUT2D eigenvalue weighted by molar-refractivity contribution is -0.124. The van der Waals surface area contributed by atoms with Crippen LogP contribution >= 0.6 is 23.2 Å². The Morgan fingerprint density at radius 3 is 0.970 bits per heavy atom. The third-order valence-corrected chi connectivity index (χ3v) is 13.9. The molecule has 100 heavy (non-hydrogen) atoms. The number of nitrogens with one attached hydrogen (secondary N) is 10. The van der Waals surface area contributed by atoms with E-state index in [4.69, 9.17) is 102 Å². The average molecular weight is 1440 g/mol. The number of guanidine groups is 2. The monoisotopic (exact) mass is 1440 g/mol. The second-order valence-electron chi connectivity index (χ2n) is 21.3. The number of nitrogens with two attached hydrogens (primary N) is 2. The van der Waals surface area contributed by atoms with Crippen molar-refractivity contribution in [3.63, 3.8) is 0 Å². The number of ether oxygens (including phenoxy) is 12. The van der Waals surface area contributed by atoms with Crippen LogP contribution in [0.1, 0.15) is 0 Å². The van der Waals surface area contributed by atoms with Crippen LogP contribution in [-0.2, 0) is 57.0 Å². The van der Waals surface area contributed by atoms with Crippen LogP contribution in [0.4, 0.5) is 21.5 Å². The molecule has 0 aliphatic rings.